The lowest BCUT2D eigenvalue weighted by Crippen LogP contribution is -2.02. The van der Waals surface area contributed by atoms with Crippen molar-refractivity contribution in [3.05, 3.63) is 65.2 Å². The zero-order valence-corrected chi connectivity index (χ0v) is 13.3. The second-order valence-electron chi connectivity index (χ2n) is 5.09. The molecule has 5 nitrogen and oxygen atoms in total. The molecule has 1 aromatic carbocycles. The molecular formula is C16H14ClF2N5. The third-order valence-electron chi connectivity index (χ3n) is 3.37. The Bertz CT molecular complexity index is 807. The van der Waals surface area contributed by atoms with E-state index in [-0.39, 0.29) is 5.95 Å². The predicted molar refractivity (Wildman–Crippen MR) is 87.7 cm³/mol. The number of nitrogens with one attached hydrogen (secondary N) is 1. The molecule has 0 saturated carbocycles. The van der Waals surface area contributed by atoms with Crippen LogP contribution in [-0.4, -0.2) is 19.7 Å². The Labute approximate surface area is 142 Å². The van der Waals surface area contributed by atoms with E-state index in [1.54, 1.807) is 0 Å². The van der Waals surface area contributed by atoms with Crippen molar-refractivity contribution in [1.29, 1.82) is 0 Å². The van der Waals surface area contributed by atoms with Gasteiger partial charge in [0, 0.05) is 0 Å². The van der Waals surface area contributed by atoms with Crippen molar-refractivity contribution in [3.63, 3.8) is 0 Å². The topological polar surface area (TPSA) is 55.6 Å². The minimum atomic E-state index is -2.69. The first-order chi connectivity index (χ1) is 11.6. The van der Waals surface area contributed by atoms with E-state index in [0.717, 1.165) is 6.42 Å². The van der Waals surface area contributed by atoms with Crippen LogP contribution >= 0.6 is 11.6 Å². The number of nitrogens with zero attached hydrogens (tertiary/aromatic N) is 4. The molecular weight excluding hydrogens is 336 g/mol. The quantitative estimate of drug-likeness (QED) is 0.722. The molecule has 8 heteroatoms. The maximum Gasteiger partial charge on any atom is 0.333 e. The van der Waals surface area contributed by atoms with Crippen molar-refractivity contribution in [2.75, 3.05) is 5.32 Å². The van der Waals surface area contributed by atoms with Crippen LogP contribution in [0.4, 0.5) is 20.4 Å². The number of aryl methyl sites for hydroxylation is 2. The summed E-state index contributed by atoms with van der Waals surface area (Å²) in [5.74, 6) is 0.288. The molecule has 3 aromatic rings. The largest absolute Gasteiger partial charge is 0.333 e. The van der Waals surface area contributed by atoms with Gasteiger partial charge in [0.05, 0.1) is 35.0 Å². The van der Waals surface area contributed by atoms with Crippen LogP contribution in [0.25, 0.3) is 0 Å². The molecule has 1 N–H and O–H groups in total. The second kappa shape index (κ2) is 7.35. The van der Waals surface area contributed by atoms with Gasteiger partial charge in [0.1, 0.15) is 0 Å². The summed E-state index contributed by atoms with van der Waals surface area (Å²) >= 11 is 6.14. The maximum absolute atomic E-state index is 12.5. The van der Waals surface area contributed by atoms with Gasteiger partial charge in [-0.2, -0.15) is 13.9 Å². The number of benzene rings is 1. The Morgan fingerprint density at radius 1 is 1.12 bits per heavy atom. The molecule has 0 unspecified atom stereocenters. The molecule has 24 heavy (non-hydrogen) atoms. The Morgan fingerprint density at radius 3 is 2.62 bits per heavy atom. The highest BCUT2D eigenvalue weighted by Gasteiger charge is 2.10. The van der Waals surface area contributed by atoms with Crippen LogP contribution in [0.3, 0.4) is 0 Å². The maximum atomic E-state index is 12.5. The average Bonchev–Trinajstić information content (AvgIpc) is 3.05. The monoisotopic (exact) mass is 349 g/mol. The first-order valence-corrected chi connectivity index (χ1v) is 7.64. The molecule has 2 aromatic heterocycles. The number of rotatable bonds is 6. The lowest BCUT2D eigenvalue weighted by molar-refractivity contribution is 0.0566. The van der Waals surface area contributed by atoms with Gasteiger partial charge >= 0.3 is 6.55 Å². The van der Waals surface area contributed by atoms with Gasteiger partial charge in [0.2, 0.25) is 5.95 Å². The molecule has 0 bridgehead atoms. The summed E-state index contributed by atoms with van der Waals surface area (Å²) in [5, 5.41) is 6.87. The second-order valence-corrected chi connectivity index (χ2v) is 5.49. The van der Waals surface area contributed by atoms with Crippen LogP contribution < -0.4 is 5.32 Å². The highest BCUT2D eigenvalue weighted by Crippen LogP contribution is 2.20. The molecule has 0 fully saturated rings. The summed E-state index contributed by atoms with van der Waals surface area (Å²) in [6.45, 7) is -2.69. The standard InChI is InChI=1S/C16H14ClF2N5/c17-13-9-20-16(22-12-8-21-24(10-12)15(18)19)23-14(13)7-6-11-4-2-1-3-5-11/h1-5,8-10,15H,6-7H2,(H,20,22,23). The van der Waals surface area contributed by atoms with E-state index in [1.807, 2.05) is 30.3 Å². The molecule has 124 valence electrons. The van der Waals surface area contributed by atoms with Gasteiger partial charge in [-0.1, -0.05) is 41.9 Å². The summed E-state index contributed by atoms with van der Waals surface area (Å²) in [4.78, 5) is 8.42. The van der Waals surface area contributed by atoms with Crippen molar-refractivity contribution in [3.8, 4) is 0 Å². The van der Waals surface area contributed by atoms with E-state index < -0.39 is 6.55 Å². The van der Waals surface area contributed by atoms with Gasteiger partial charge in [-0.05, 0) is 18.4 Å². The molecule has 0 aliphatic rings. The van der Waals surface area contributed by atoms with Gasteiger partial charge in [-0.25, -0.2) is 14.6 Å². The van der Waals surface area contributed by atoms with Crippen LogP contribution in [0, 0.1) is 0 Å². The first kappa shape index (κ1) is 16.3. The zero-order valence-electron chi connectivity index (χ0n) is 12.5. The lowest BCUT2D eigenvalue weighted by atomic mass is 10.1. The predicted octanol–water partition coefficient (Wildman–Crippen LogP) is 4.25. The molecule has 3 rings (SSSR count). The highest BCUT2D eigenvalue weighted by atomic mass is 35.5. The number of alkyl halides is 2. The van der Waals surface area contributed by atoms with Crippen molar-refractivity contribution >= 4 is 23.2 Å². The molecule has 0 radical (unpaired) electrons. The minimum Gasteiger partial charge on any atom is -0.321 e. The molecule has 0 aliphatic carbocycles. The Morgan fingerprint density at radius 2 is 1.92 bits per heavy atom. The van der Waals surface area contributed by atoms with E-state index >= 15 is 0 Å². The molecule has 0 saturated heterocycles. The molecule has 0 aliphatic heterocycles. The average molecular weight is 350 g/mol. The number of anilines is 2. The Kier molecular flexibility index (Phi) is 5.00. The van der Waals surface area contributed by atoms with Crippen LogP contribution in [-0.2, 0) is 12.8 Å². The number of hydrogen-bond donors (Lipinski definition) is 1. The van der Waals surface area contributed by atoms with E-state index in [1.165, 1.54) is 24.2 Å². The van der Waals surface area contributed by atoms with Crippen molar-refractivity contribution in [2.45, 2.75) is 19.4 Å². The molecule has 2 heterocycles. The smallest absolute Gasteiger partial charge is 0.321 e. The summed E-state index contributed by atoms with van der Waals surface area (Å²) in [6.07, 6.45) is 5.41. The van der Waals surface area contributed by atoms with E-state index in [4.69, 9.17) is 11.6 Å². The van der Waals surface area contributed by atoms with Crippen LogP contribution in [0.15, 0.2) is 48.9 Å². The summed E-state index contributed by atoms with van der Waals surface area (Å²) < 4.78 is 25.6. The van der Waals surface area contributed by atoms with Crippen molar-refractivity contribution in [2.24, 2.45) is 0 Å². The molecule has 0 spiro atoms. The lowest BCUT2D eigenvalue weighted by Gasteiger charge is -2.07. The van der Waals surface area contributed by atoms with Gasteiger partial charge in [0.25, 0.3) is 0 Å². The normalized spacial score (nSPS) is 11.0. The van der Waals surface area contributed by atoms with E-state index in [9.17, 15) is 8.78 Å². The van der Waals surface area contributed by atoms with E-state index in [2.05, 4.69) is 20.4 Å². The highest BCUT2D eigenvalue weighted by molar-refractivity contribution is 6.31. The summed E-state index contributed by atoms with van der Waals surface area (Å²) in [7, 11) is 0. The van der Waals surface area contributed by atoms with Gasteiger partial charge < -0.3 is 5.32 Å². The van der Waals surface area contributed by atoms with Crippen molar-refractivity contribution in [1.82, 2.24) is 19.7 Å². The fourth-order valence-electron chi connectivity index (χ4n) is 2.18. The minimum absolute atomic E-state index is 0.288. The number of halogens is 3. The molecule has 0 amide bonds. The van der Waals surface area contributed by atoms with Crippen LogP contribution in [0.5, 0.6) is 0 Å². The van der Waals surface area contributed by atoms with Crippen molar-refractivity contribution < 1.29 is 8.78 Å². The number of hydrogen-bond acceptors (Lipinski definition) is 4. The van der Waals surface area contributed by atoms with Gasteiger partial charge in [-0.15, -0.1) is 0 Å². The first-order valence-electron chi connectivity index (χ1n) is 7.26. The molecule has 0 atom stereocenters. The Balaban J connectivity index is 1.70. The SMILES string of the molecule is FC(F)n1cc(Nc2ncc(Cl)c(CCc3ccccc3)n2)cn1. The third-order valence-corrected chi connectivity index (χ3v) is 3.68. The summed E-state index contributed by atoms with van der Waals surface area (Å²) in [5.41, 5.74) is 2.26. The van der Waals surface area contributed by atoms with E-state index in [0.29, 0.717) is 27.5 Å². The van der Waals surface area contributed by atoms with Gasteiger partial charge in [0.15, 0.2) is 0 Å². The third kappa shape index (κ3) is 4.05. The Hall–Kier alpha value is -2.54. The van der Waals surface area contributed by atoms with Crippen LogP contribution in [0.1, 0.15) is 17.8 Å². The fraction of sp³-hybridized carbons (Fsp3) is 0.188. The van der Waals surface area contributed by atoms with Crippen LogP contribution in [0.2, 0.25) is 5.02 Å². The number of aromatic nitrogens is 4. The zero-order chi connectivity index (χ0) is 16.9. The fourth-order valence-corrected chi connectivity index (χ4v) is 2.37. The van der Waals surface area contributed by atoms with Gasteiger partial charge in [-0.3, -0.25) is 0 Å². The summed E-state index contributed by atoms with van der Waals surface area (Å²) in [6, 6.07) is 9.98.